The van der Waals surface area contributed by atoms with Gasteiger partial charge in [-0.05, 0) is 6.42 Å². The third-order valence-corrected chi connectivity index (χ3v) is 3.74. The zero-order valence-electron chi connectivity index (χ0n) is 13.5. The molecular formula is C17H28FNO3. The number of unbranched alkanes of at least 4 members (excludes halogenated alkanes) is 9. The highest BCUT2D eigenvalue weighted by Gasteiger charge is 2.12. The van der Waals surface area contributed by atoms with Crippen molar-refractivity contribution in [2.75, 3.05) is 6.61 Å². The molecule has 0 atom stereocenters. The number of carboxylic acid groups (broad SMARTS) is 1. The summed E-state index contributed by atoms with van der Waals surface area (Å²) in [6, 6.07) is 1.21. The van der Waals surface area contributed by atoms with Crippen LogP contribution in [0.3, 0.4) is 0 Å². The van der Waals surface area contributed by atoms with E-state index in [0.29, 0.717) is 6.61 Å². The van der Waals surface area contributed by atoms with Crippen molar-refractivity contribution in [3.8, 4) is 5.75 Å². The maximum Gasteiger partial charge on any atom is 0.355 e. The van der Waals surface area contributed by atoms with Gasteiger partial charge < -0.3 is 9.84 Å². The van der Waals surface area contributed by atoms with Gasteiger partial charge in [0, 0.05) is 6.07 Å². The molecule has 0 saturated carbocycles. The number of ether oxygens (including phenoxy) is 1. The van der Waals surface area contributed by atoms with E-state index >= 15 is 0 Å². The molecule has 1 rings (SSSR count). The Labute approximate surface area is 132 Å². The molecule has 0 aromatic carbocycles. The molecule has 0 spiro atoms. The highest BCUT2D eigenvalue weighted by molar-refractivity contribution is 5.86. The van der Waals surface area contributed by atoms with Gasteiger partial charge in [0.05, 0.1) is 12.8 Å². The molecule has 1 N–H and O–H groups in total. The van der Waals surface area contributed by atoms with Crippen molar-refractivity contribution in [2.45, 2.75) is 71.1 Å². The van der Waals surface area contributed by atoms with Crippen molar-refractivity contribution in [2.24, 2.45) is 0 Å². The van der Waals surface area contributed by atoms with Crippen LogP contribution in [0, 0.1) is 0 Å². The summed E-state index contributed by atoms with van der Waals surface area (Å²) in [6.07, 6.45) is 13.5. The average Bonchev–Trinajstić information content (AvgIpc) is 2.86. The monoisotopic (exact) mass is 313 g/mol. The highest BCUT2D eigenvalue weighted by Crippen LogP contribution is 2.17. The second kappa shape index (κ2) is 11.1. The van der Waals surface area contributed by atoms with Gasteiger partial charge in [-0.2, -0.15) is 4.79 Å². The van der Waals surface area contributed by atoms with Gasteiger partial charge in [0.1, 0.15) is 5.75 Å². The van der Waals surface area contributed by atoms with Crippen LogP contribution in [0.25, 0.3) is 0 Å². The number of aromatic nitrogens is 1. The Hall–Kier alpha value is -1.52. The normalized spacial score (nSPS) is 10.8. The molecule has 0 fully saturated rings. The van der Waals surface area contributed by atoms with Crippen LogP contribution in [0.5, 0.6) is 5.75 Å². The number of carbonyl (C=O) groups is 1. The number of nitrogens with zero attached hydrogens (tertiary/aromatic N) is 1. The third kappa shape index (κ3) is 7.48. The van der Waals surface area contributed by atoms with Gasteiger partial charge in [0.2, 0.25) is 0 Å². The van der Waals surface area contributed by atoms with E-state index in [1.807, 2.05) is 0 Å². The van der Waals surface area contributed by atoms with Crippen molar-refractivity contribution >= 4 is 5.97 Å². The van der Waals surface area contributed by atoms with Crippen LogP contribution < -0.4 is 4.74 Å². The van der Waals surface area contributed by atoms with Gasteiger partial charge in [-0.3, -0.25) is 0 Å². The molecule has 0 aliphatic rings. The molecular weight excluding hydrogens is 285 g/mol. The SMILES string of the molecule is CCCCCCCCCCCCOc1cc(C(=O)O)n(F)c1. The van der Waals surface area contributed by atoms with E-state index in [9.17, 15) is 9.28 Å². The lowest BCUT2D eigenvalue weighted by Crippen LogP contribution is -2.00. The molecule has 0 aliphatic heterocycles. The fourth-order valence-corrected chi connectivity index (χ4v) is 2.43. The summed E-state index contributed by atoms with van der Waals surface area (Å²) in [5.74, 6) is -1.02. The van der Waals surface area contributed by atoms with E-state index in [1.54, 1.807) is 0 Å². The van der Waals surface area contributed by atoms with Crippen molar-refractivity contribution in [1.82, 2.24) is 4.79 Å². The first-order valence-electron chi connectivity index (χ1n) is 8.39. The number of carboxylic acids is 1. The molecule has 0 radical (unpaired) electrons. The molecule has 1 aromatic rings. The maximum absolute atomic E-state index is 13.1. The molecule has 22 heavy (non-hydrogen) atoms. The lowest BCUT2D eigenvalue weighted by Gasteiger charge is -2.04. The zero-order chi connectivity index (χ0) is 16.2. The van der Waals surface area contributed by atoms with Crippen LogP contribution in [-0.2, 0) is 0 Å². The Morgan fingerprint density at radius 1 is 1.09 bits per heavy atom. The number of rotatable bonds is 13. The predicted molar refractivity (Wildman–Crippen MR) is 85.2 cm³/mol. The predicted octanol–water partition coefficient (Wildman–Crippen LogP) is 5.22. The standard InChI is InChI=1S/C17H28FNO3/c1-2-3-4-5-6-7-8-9-10-11-12-22-15-13-16(17(20)21)19(18)14-15/h13-14H,2-12H2,1H3,(H,20,21). The van der Waals surface area contributed by atoms with E-state index in [0.717, 1.165) is 19.0 Å². The summed E-state index contributed by atoms with van der Waals surface area (Å²) in [7, 11) is 0. The summed E-state index contributed by atoms with van der Waals surface area (Å²) in [4.78, 5) is 10.8. The third-order valence-electron chi connectivity index (χ3n) is 3.74. The van der Waals surface area contributed by atoms with Gasteiger partial charge in [0.15, 0.2) is 5.69 Å². The Kier molecular flexibility index (Phi) is 9.35. The van der Waals surface area contributed by atoms with Crippen LogP contribution in [-0.4, -0.2) is 22.5 Å². The number of hydrogen-bond donors (Lipinski definition) is 1. The van der Waals surface area contributed by atoms with Gasteiger partial charge in [-0.25, -0.2) is 4.79 Å². The number of hydrogen-bond acceptors (Lipinski definition) is 2. The van der Waals surface area contributed by atoms with Crippen LogP contribution in [0.2, 0.25) is 0 Å². The summed E-state index contributed by atoms with van der Waals surface area (Å²) in [6.45, 7) is 2.73. The summed E-state index contributed by atoms with van der Waals surface area (Å²) in [5.41, 5.74) is -0.405. The first-order valence-corrected chi connectivity index (χ1v) is 8.39. The van der Waals surface area contributed by atoms with E-state index < -0.39 is 11.7 Å². The molecule has 1 aromatic heterocycles. The maximum atomic E-state index is 13.1. The summed E-state index contributed by atoms with van der Waals surface area (Å²) >= 11 is 0. The Bertz CT molecular complexity index is 432. The summed E-state index contributed by atoms with van der Waals surface area (Å²) in [5, 5.41) is 8.72. The van der Waals surface area contributed by atoms with Crippen LogP contribution in [0.15, 0.2) is 12.3 Å². The molecule has 0 aliphatic carbocycles. The van der Waals surface area contributed by atoms with E-state index in [-0.39, 0.29) is 10.5 Å². The summed E-state index contributed by atoms with van der Waals surface area (Å²) < 4.78 is 18.5. The van der Waals surface area contributed by atoms with Crippen LogP contribution >= 0.6 is 0 Å². The minimum absolute atomic E-state index is 0.0796. The van der Waals surface area contributed by atoms with Crippen molar-refractivity contribution < 1.29 is 19.1 Å². The van der Waals surface area contributed by atoms with E-state index in [4.69, 9.17) is 9.84 Å². The Balaban J connectivity index is 1.97. The molecule has 0 bridgehead atoms. The molecule has 5 heteroatoms. The highest BCUT2D eigenvalue weighted by atomic mass is 19.2. The average molecular weight is 313 g/mol. The first-order chi connectivity index (χ1) is 10.6. The fraction of sp³-hybridized carbons (Fsp3) is 0.706. The minimum Gasteiger partial charge on any atom is -0.492 e. The van der Waals surface area contributed by atoms with Crippen molar-refractivity contribution in [1.29, 1.82) is 0 Å². The van der Waals surface area contributed by atoms with Crippen molar-refractivity contribution in [3.63, 3.8) is 0 Å². The largest absolute Gasteiger partial charge is 0.492 e. The molecule has 1 heterocycles. The lowest BCUT2D eigenvalue weighted by atomic mass is 10.1. The Morgan fingerprint density at radius 3 is 2.14 bits per heavy atom. The topological polar surface area (TPSA) is 51.5 Å². The quantitative estimate of drug-likeness (QED) is 0.508. The molecule has 0 amide bonds. The Morgan fingerprint density at radius 2 is 1.64 bits per heavy atom. The van der Waals surface area contributed by atoms with Gasteiger partial charge in [-0.15, -0.1) is 0 Å². The molecule has 0 saturated heterocycles. The van der Waals surface area contributed by atoms with Crippen LogP contribution in [0.1, 0.15) is 81.6 Å². The fourth-order valence-electron chi connectivity index (χ4n) is 2.43. The lowest BCUT2D eigenvalue weighted by molar-refractivity contribution is 0.0673. The number of halogens is 1. The molecule has 4 nitrogen and oxygen atoms in total. The van der Waals surface area contributed by atoms with Crippen molar-refractivity contribution in [3.05, 3.63) is 18.0 Å². The smallest absolute Gasteiger partial charge is 0.355 e. The minimum atomic E-state index is -1.30. The van der Waals surface area contributed by atoms with Gasteiger partial charge in [-0.1, -0.05) is 69.2 Å². The zero-order valence-corrected chi connectivity index (χ0v) is 13.5. The second-order valence-corrected chi connectivity index (χ2v) is 5.71. The molecule has 0 unspecified atom stereocenters. The second-order valence-electron chi connectivity index (χ2n) is 5.71. The number of aromatic carboxylic acids is 1. The van der Waals surface area contributed by atoms with Gasteiger partial charge >= 0.3 is 5.97 Å². The van der Waals surface area contributed by atoms with E-state index in [1.165, 1.54) is 57.4 Å². The first kappa shape index (κ1) is 18.5. The van der Waals surface area contributed by atoms with Gasteiger partial charge in [0.25, 0.3) is 0 Å². The molecule has 126 valence electrons. The van der Waals surface area contributed by atoms with E-state index in [2.05, 4.69) is 6.92 Å². The van der Waals surface area contributed by atoms with Crippen LogP contribution in [0.4, 0.5) is 4.48 Å².